The van der Waals surface area contributed by atoms with Gasteiger partial charge < -0.3 is 14.5 Å². The van der Waals surface area contributed by atoms with Gasteiger partial charge in [0.15, 0.2) is 6.61 Å². The molecule has 0 atom stereocenters. The number of aryl methyl sites for hydroxylation is 1. The van der Waals surface area contributed by atoms with Crippen molar-refractivity contribution in [2.75, 3.05) is 11.9 Å². The van der Waals surface area contributed by atoms with Gasteiger partial charge in [-0.2, -0.15) is 5.26 Å². The quantitative estimate of drug-likeness (QED) is 0.689. The van der Waals surface area contributed by atoms with Crippen molar-refractivity contribution in [3.8, 4) is 6.07 Å². The maximum absolute atomic E-state index is 12.1. The van der Waals surface area contributed by atoms with Crippen LogP contribution in [0, 0.1) is 11.3 Å². The number of benzene rings is 2. The molecular weight excluding hydrogens is 332 g/mol. The number of esters is 1. The number of anilines is 1. The Morgan fingerprint density at radius 1 is 1.08 bits per heavy atom. The van der Waals surface area contributed by atoms with E-state index in [1.165, 1.54) is 0 Å². The summed E-state index contributed by atoms with van der Waals surface area (Å²) in [7, 11) is 0. The lowest BCUT2D eigenvalue weighted by Gasteiger charge is -2.06. The van der Waals surface area contributed by atoms with E-state index in [9.17, 15) is 9.59 Å². The molecule has 0 unspecified atom stereocenters. The normalized spacial score (nSPS) is 10.3. The van der Waals surface area contributed by atoms with E-state index in [0.717, 1.165) is 5.56 Å². The van der Waals surface area contributed by atoms with Crippen molar-refractivity contribution in [1.82, 2.24) is 0 Å². The van der Waals surface area contributed by atoms with E-state index in [4.69, 9.17) is 14.4 Å². The third-order valence-corrected chi connectivity index (χ3v) is 3.79. The monoisotopic (exact) mass is 348 g/mol. The molecule has 0 bridgehead atoms. The summed E-state index contributed by atoms with van der Waals surface area (Å²) in [5.74, 6) is -0.974. The van der Waals surface area contributed by atoms with E-state index in [1.807, 2.05) is 36.4 Å². The molecule has 6 nitrogen and oxygen atoms in total. The molecule has 1 aromatic heterocycles. The summed E-state index contributed by atoms with van der Waals surface area (Å²) in [6.07, 6.45) is 0.738. The number of para-hydroxylation sites is 1. The van der Waals surface area contributed by atoms with Gasteiger partial charge in [-0.05, 0) is 24.1 Å². The molecule has 0 saturated carbocycles. The Bertz CT molecular complexity index is 970. The largest absolute Gasteiger partial charge is 0.456 e. The number of nitrogens with one attached hydrogen (secondary N) is 1. The van der Waals surface area contributed by atoms with Crippen LogP contribution in [0.4, 0.5) is 5.69 Å². The van der Waals surface area contributed by atoms with Gasteiger partial charge in [0.2, 0.25) is 5.76 Å². The number of carbonyl (C=O) groups is 2. The predicted molar refractivity (Wildman–Crippen MR) is 95.3 cm³/mol. The highest BCUT2D eigenvalue weighted by molar-refractivity contribution is 6.03. The third kappa shape index (κ3) is 4.08. The smallest absolute Gasteiger partial charge is 0.306 e. The zero-order valence-electron chi connectivity index (χ0n) is 13.9. The van der Waals surface area contributed by atoms with Crippen molar-refractivity contribution in [3.05, 3.63) is 65.9 Å². The van der Waals surface area contributed by atoms with E-state index >= 15 is 0 Å². The number of furan rings is 1. The molecule has 3 aromatic rings. The van der Waals surface area contributed by atoms with Crippen LogP contribution in [0.1, 0.15) is 17.7 Å². The summed E-state index contributed by atoms with van der Waals surface area (Å²) < 4.78 is 10.4. The van der Waals surface area contributed by atoms with Crippen molar-refractivity contribution >= 4 is 28.5 Å². The number of hydrogen-bond acceptors (Lipinski definition) is 5. The number of nitriles is 1. The lowest BCUT2D eigenvalue weighted by atomic mass is 10.1. The number of ether oxygens (including phenoxy) is 1. The van der Waals surface area contributed by atoms with Crippen LogP contribution in [-0.2, 0) is 20.7 Å². The summed E-state index contributed by atoms with van der Waals surface area (Å²) in [5, 5.41) is 12.3. The second-order valence-electron chi connectivity index (χ2n) is 5.61. The van der Waals surface area contributed by atoms with Crippen LogP contribution in [0.2, 0.25) is 0 Å². The first kappa shape index (κ1) is 17.2. The summed E-state index contributed by atoms with van der Waals surface area (Å²) in [4.78, 5) is 23.8. The van der Waals surface area contributed by atoms with Crippen LogP contribution in [-0.4, -0.2) is 18.5 Å². The molecule has 0 fully saturated rings. The molecule has 0 aliphatic carbocycles. The van der Waals surface area contributed by atoms with Crippen LogP contribution in [0.5, 0.6) is 0 Å². The Hall–Kier alpha value is -3.59. The first-order valence-corrected chi connectivity index (χ1v) is 8.08. The van der Waals surface area contributed by atoms with Crippen molar-refractivity contribution in [2.24, 2.45) is 0 Å². The second-order valence-corrected chi connectivity index (χ2v) is 5.61. The maximum Gasteiger partial charge on any atom is 0.306 e. The topological polar surface area (TPSA) is 92.3 Å². The molecule has 26 heavy (non-hydrogen) atoms. The number of nitrogens with zero attached hydrogens (tertiary/aromatic N) is 1. The molecule has 3 rings (SSSR count). The van der Waals surface area contributed by atoms with Crippen molar-refractivity contribution in [1.29, 1.82) is 5.26 Å². The summed E-state index contributed by atoms with van der Waals surface area (Å²) >= 11 is 0. The number of rotatable bonds is 6. The molecule has 1 N–H and O–H groups in total. The Morgan fingerprint density at radius 3 is 2.58 bits per heavy atom. The van der Waals surface area contributed by atoms with Crippen LogP contribution in [0.25, 0.3) is 11.0 Å². The molecule has 130 valence electrons. The van der Waals surface area contributed by atoms with Gasteiger partial charge >= 0.3 is 5.97 Å². The van der Waals surface area contributed by atoms with Crippen molar-refractivity contribution in [2.45, 2.75) is 12.8 Å². The Labute approximate surface area is 150 Å². The van der Waals surface area contributed by atoms with Gasteiger partial charge in [-0.1, -0.05) is 42.5 Å². The summed E-state index contributed by atoms with van der Waals surface area (Å²) in [6, 6.07) is 18.4. The first-order chi connectivity index (χ1) is 12.7. The second kappa shape index (κ2) is 7.99. The van der Waals surface area contributed by atoms with Gasteiger partial charge in [-0.3, -0.25) is 9.59 Å². The predicted octanol–water partition coefficient (Wildman–Crippen LogP) is 3.42. The van der Waals surface area contributed by atoms with Gasteiger partial charge in [-0.25, -0.2) is 0 Å². The summed E-state index contributed by atoms with van der Waals surface area (Å²) in [6.45, 7) is -0.419. The van der Waals surface area contributed by atoms with Gasteiger partial charge in [0.25, 0.3) is 5.91 Å². The average Bonchev–Trinajstić information content (AvgIpc) is 3.03. The number of fused-ring (bicyclic) bond motifs is 1. The van der Waals surface area contributed by atoms with Crippen LogP contribution in [0.3, 0.4) is 0 Å². The minimum absolute atomic E-state index is 0.00922. The van der Waals surface area contributed by atoms with E-state index in [0.29, 0.717) is 17.4 Å². The number of carbonyl (C=O) groups excluding carboxylic acids is 2. The average molecular weight is 348 g/mol. The fourth-order valence-corrected chi connectivity index (χ4v) is 2.53. The minimum atomic E-state index is -0.527. The fourth-order valence-electron chi connectivity index (χ4n) is 2.53. The van der Waals surface area contributed by atoms with Crippen molar-refractivity contribution < 1.29 is 18.7 Å². The van der Waals surface area contributed by atoms with E-state index in [-0.39, 0.29) is 17.9 Å². The Morgan fingerprint density at radius 2 is 1.81 bits per heavy atom. The minimum Gasteiger partial charge on any atom is -0.456 e. The Kier molecular flexibility index (Phi) is 5.30. The highest BCUT2D eigenvalue weighted by Gasteiger charge is 2.17. The van der Waals surface area contributed by atoms with Crippen LogP contribution in [0.15, 0.2) is 59.0 Å². The van der Waals surface area contributed by atoms with Crippen LogP contribution < -0.4 is 5.32 Å². The molecule has 2 aromatic carbocycles. The van der Waals surface area contributed by atoms with Crippen molar-refractivity contribution in [3.63, 3.8) is 0 Å². The number of amides is 1. The van der Waals surface area contributed by atoms with Gasteiger partial charge in [0.05, 0.1) is 0 Å². The zero-order valence-corrected chi connectivity index (χ0v) is 13.9. The molecule has 1 amide bonds. The first-order valence-electron chi connectivity index (χ1n) is 8.08. The fraction of sp³-hybridized carbons (Fsp3) is 0.150. The van der Waals surface area contributed by atoms with E-state index < -0.39 is 18.5 Å². The molecule has 0 aliphatic heterocycles. The van der Waals surface area contributed by atoms with Gasteiger partial charge in [-0.15, -0.1) is 0 Å². The molecule has 0 radical (unpaired) electrons. The SMILES string of the molecule is N#Cc1oc2ccccc2c1NC(=O)COC(=O)CCc1ccccc1. The molecule has 0 saturated heterocycles. The highest BCUT2D eigenvalue weighted by atomic mass is 16.5. The van der Waals surface area contributed by atoms with Crippen LogP contribution >= 0.6 is 0 Å². The Balaban J connectivity index is 1.55. The van der Waals surface area contributed by atoms with Gasteiger partial charge in [0.1, 0.15) is 17.3 Å². The van der Waals surface area contributed by atoms with E-state index in [2.05, 4.69) is 5.32 Å². The highest BCUT2D eigenvalue weighted by Crippen LogP contribution is 2.30. The molecule has 6 heteroatoms. The third-order valence-electron chi connectivity index (χ3n) is 3.79. The maximum atomic E-state index is 12.1. The lowest BCUT2D eigenvalue weighted by molar-refractivity contribution is -0.147. The standard InChI is InChI=1S/C20H16N2O4/c21-12-17-20(15-8-4-5-9-16(15)26-17)22-18(23)13-25-19(24)11-10-14-6-2-1-3-7-14/h1-9H,10-11,13H2,(H,22,23). The lowest BCUT2D eigenvalue weighted by Crippen LogP contribution is -2.21. The molecule has 0 spiro atoms. The number of hydrogen-bond donors (Lipinski definition) is 1. The summed E-state index contributed by atoms with van der Waals surface area (Å²) in [5.41, 5.74) is 1.81. The molecule has 1 heterocycles. The van der Waals surface area contributed by atoms with Gasteiger partial charge in [0, 0.05) is 11.8 Å². The van der Waals surface area contributed by atoms with E-state index in [1.54, 1.807) is 24.3 Å². The molecular formula is C20H16N2O4. The zero-order chi connectivity index (χ0) is 18.4. The molecule has 0 aliphatic rings.